The Labute approximate surface area is 110 Å². The van der Waals surface area contributed by atoms with E-state index >= 15 is 0 Å². The van der Waals surface area contributed by atoms with Crippen LogP contribution in [0, 0.1) is 0 Å². The lowest BCUT2D eigenvalue weighted by molar-refractivity contribution is 0.602. The normalized spacial score (nSPS) is 11.4. The number of benzene rings is 1. The van der Waals surface area contributed by atoms with Crippen LogP contribution in [0.3, 0.4) is 0 Å². The molecule has 1 heterocycles. The zero-order chi connectivity index (χ0) is 13.2. The number of aromatic amines is 1. The van der Waals surface area contributed by atoms with Gasteiger partial charge >= 0.3 is 0 Å². The summed E-state index contributed by atoms with van der Waals surface area (Å²) in [6.45, 7) is 0.493. The molecule has 0 saturated carbocycles. The Bertz CT molecular complexity index is 638. The molecule has 7 heteroatoms. The van der Waals surface area contributed by atoms with Crippen LogP contribution in [0.1, 0.15) is 5.69 Å². The van der Waals surface area contributed by atoms with Crippen molar-refractivity contribution in [2.24, 2.45) is 0 Å². The molecule has 0 saturated heterocycles. The van der Waals surface area contributed by atoms with Gasteiger partial charge < -0.3 is 5.32 Å². The van der Waals surface area contributed by atoms with Crippen molar-refractivity contribution >= 4 is 27.1 Å². The van der Waals surface area contributed by atoms with Gasteiger partial charge in [0, 0.05) is 12.5 Å². The van der Waals surface area contributed by atoms with Gasteiger partial charge in [0.25, 0.3) is 0 Å². The van der Waals surface area contributed by atoms with Gasteiger partial charge in [0.1, 0.15) is 0 Å². The van der Waals surface area contributed by atoms with Crippen LogP contribution in [0.5, 0.6) is 0 Å². The minimum absolute atomic E-state index is 0.235. The fraction of sp³-hybridized carbons (Fsp3) is 0.182. The van der Waals surface area contributed by atoms with Crippen LogP contribution in [0.2, 0.25) is 5.02 Å². The number of nitrogens with one attached hydrogen (secondary N) is 2. The highest BCUT2D eigenvalue weighted by Gasteiger charge is 2.10. The van der Waals surface area contributed by atoms with Crippen molar-refractivity contribution in [3.63, 3.8) is 0 Å². The number of H-pyrrole nitrogens is 1. The molecule has 5 nitrogen and oxygen atoms in total. The molecule has 18 heavy (non-hydrogen) atoms. The molecule has 0 aliphatic rings. The first-order valence-electron chi connectivity index (χ1n) is 5.18. The highest BCUT2D eigenvalue weighted by Crippen LogP contribution is 2.25. The first-order chi connectivity index (χ1) is 8.47. The average molecular weight is 286 g/mol. The Morgan fingerprint density at radius 3 is 2.78 bits per heavy atom. The maximum absolute atomic E-state index is 11.4. The number of rotatable bonds is 4. The van der Waals surface area contributed by atoms with Gasteiger partial charge in [0.2, 0.25) is 0 Å². The van der Waals surface area contributed by atoms with Gasteiger partial charge in [-0.1, -0.05) is 11.6 Å². The van der Waals surface area contributed by atoms with E-state index in [0.29, 0.717) is 17.3 Å². The topological polar surface area (TPSA) is 74.8 Å². The number of sulfone groups is 1. The minimum Gasteiger partial charge on any atom is -0.378 e. The third-order valence-electron chi connectivity index (χ3n) is 2.39. The molecule has 0 amide bonds. The molecule has 2 rings (SSSR count). The van der Waals surface area contributed by atoms with E-state index in [1.807, 2.05) is 6.07 Å². The molecule has 96 valence electrons. The van der Waals surface area contributed by atoms with Gasteiger partial charge in [-0.05, 0) is 24.3 Å². The predicted molar refractivity (Wildman–Crippen MR) is 70.5 cm³/mol. The zero-order valence-electron chi connectivity index (χ0n) is 9.64. The molecule has 2 aromatic rings. The molecule has 0 bridgehead atoms. The fourth-order valence-electron chi connectivity index (χ4n) is 1.44. The summed E-state index contributed by atoms with van der Waals surface area (Å²) in [4.78, 5) is 0.235. The molecule has 0 atom stereocenters. The second-order valence-corrected chi connectivity index (χ2v) is 6.27. The third kappa shape index (κ3) is 3.02. The smallest absolute Gasteiger partial charge is 0.175 e. The summed E-state index contributed by atoms with van der Waals surface area (Å²) >= 11 is 6.00. The van der Waals surface area contributed by atoms with Crippen LogP contribution in [0.25, 0.3) is 0 Å². The van der Waals surface area contributed by atoms with Gasteiger partial charge in [0.05, 0.1) is 27.8 Å². The van der Waals surface area contributed by atoms with Crippen molar-refractivity contribution in [1.82, 2.24) is 10.2 Å². The molecule has 1 aromatic heterocycles. The van der Waals surface area contributed by atoms with Gasteiger partial charge in [-0.2, -0.15) is 5.10 Å². The number of aromatic nitrogens is 2. The first-order valence-corrected chi connectivity index (χ1v) is 7.45. The van der Waals surface area contributed by atoms with Crippen molar-refractivity contribution in [3.8, 4) is 0 Å². The Balaban J connectivity index is 2.22. The Morgan fingerprint density at radius 2 is 2.17 bits per heavy atom. The van der Waals surface area contributed by atoms with E-state index in [2.05, 4.69) is 15.5 Å². The van der Waals surface area contributed by atoms with Crippen LogP contribution >= 0.6 is 11.6 Å². The Hall–Kier alpha value is -1.53. The molecule has 0 radical (unpaired) electrons. The van der Waals surface area contributed by atoms with Crippen LogP contribution in [0.4, 0.5) is 5.69 Å². The molecule has 0 fully saturated rings. The average Bonchev–Trinajstić information content (AvgIpc) is 2.79. The highest BCUT2D eigenvalue weighted by molar-refractivity contribution is 7.90. The second kappa shape index (κ2) is 4.99. The van der Waals surface area contributed by atoms with Crippen molar-refractivity contribution in [2.75, 3.05) is 11.6 Å². The molecule has 0 spiro atoms. The Morgan fingerprint density at radius 1 is 1.39 bits per heavy atom. The third-order valence-corrected chi connectivity index (χ3v) is 3.83. The highest BCUT2D eigenvalue weighted by atomic mass is 35.5. The number of nitrogens with zero attached hydrogens (tertiary/aromatic N) is 1. The monoisotopic (exact) mass is 285 g/mol. The largest absolute Gasteiger partial charge is 0.378 e. The van der Waals surface area contributed by atoms with Crippen LogP contribution < -0.4 is 5.32 Å². The fourth-order valence-corrected chi connectivity index (χ4v) is 2.28. The number of hydrogen-bond donors (Lipinski definition) is 2. The minimum atomic E-state index is -3.23. The summed E-state index contributed by atoms with van der Waals surface area (Å²) < 4.78 is 22.9. The zero-order valence-corrected chi connectivity index (χ0v) is 11.2. The van der Waals surface area contributed by atoms with E-state index in [-0.39, 0.29) is 4.90 Å². The second-order valence-electron chi connectivity index (χ2n) is 3.85. The molecule has 0 unspecified atom stereocenters. The summed E-state index contributed by atoms with van der Waals surface area (Å²) in [5.41, 5.74) is 1.46. The van der Waals surface area contributed by atoms with Crippen molar-refractivity contribution < 1.29 is 8.42 Å². The molecule has 2 N–H and O–H groups in total. The SMILES string of the molecule is CS(=O)(=O)c1ccc(Cl)c(NCc2ccn[nH]2)c1. The summed E-state index contributed by atoms with van der Waals surface area (Å²) in [7, 11) is -3.23. The maximum atomic E-state index is 11.4. The summed E-state index contributed by atoms with van der Waals surface area (Å²) in [6.07, 6.45) is 2.81. The summed E-state index contributed by atoms with van der Waals surface area (Å²) in [5, 5.41) is 10.2. The van der Waals surface area contributed by atoms with Gasteiger partial charge in [-0.3, -0.25) is 5.10 Å². The Kier molecular flexibility index (Phi) is 3.58. The standard InChI is InChI=1S/C11H12ClN3O2S/c1-18(16,17)9-2-3-10(12)11(6-9)13-7-8-4-5-14-15-8/h2-6,13H,7H2,1H3,(H,14,15). The van der Waals surface area contributed by atoms with E-state index in [0.717, 1.165) is 11.9 Å². The number of anilines is 1. The van der Waals surface area contributed by atoms with Crippen LogP contribution in [-0.2, 0) is 16.4 Å². The predicted octanol–water partition coefficient (Wildman–Crippen LogP) is 2.08. The molecule has 1 aromatic carbocycles. The van der Waals surface area contributed by atoms with E-state index in [4.69, 9.17) is 11.6 Å². The van der Waals surface area contributed by atoms with Gasteiger partial charge in [-0.25, -0.2) is 8.42 Å². The first kappa shape index (κ1) is 12.9. The van der Waals surface area contributed by atoms with Crippen molar-refractivity contribution in [2.45, 2.75) is 11.4 Å². The summed E-state index contributed by atoms with van der Waals surface area (Å²) in [6, 6.07) is 6.39. The van der Waals surface area contributed by atoms with Crippen molar-refractivity contribution in [1.29, 1.82) is 0 Å². The van der Waals surface area contributed by atoms with Gasteiger partial charge in [-0.15, -0.1) is 0 Å². The lowest BCUT2D eigenvalue weighted by Gasteiger charge is -2.08. The quantitative estimate of drug-likeness (QED) is 0.902. The van der Waals surface area contributed by atoms with Crippen molar-refractivity contribution in [3.05, 3.63) is 41.2 Å². The summed E-state index contributed by atoms with van der Waals surface area (Å²) in [5.74, 6) is 0. The molecular formula is C11H12ClN3O2S. The molecular weight excluding hydrogens is 274 g/mol. The van der Waals surface area contributed by atoms with Crippen LogP contribution in [0.15, 0.2) is 35.4 Å². The van der Waals surface area contributed by atoms with E-state index < -0.39 is 9.84 Å². The van der Waals surface area contributed by atoms with E-state index in [1.54, 1.807) is 12.3 Å². The maximum Gasteiger partial charge on any atom is 0.175 e. The number of hydrogen-bond acceptors (Lipinski definition) is 4. The van der Waals surface area contributed by atoms with E-state index in [9.17, 15) is 8.42 Å². The lowest BCUT2D eigenvalue weighted by atomic mass is 10.3. The van der Waals surface area contributed by atoms with Gasteiger partial charge in [0.15, 0.2) is 9.84 Å². The number of halogens is 1. The van der Waals surface area contributed by atoms with Crippen LogP contribution in [-0.4, -0.2) is 24.9 Å². The molecule has 0 aliphatic heterocycles. The van der Waals surface area contributed by atoms with E-state index in [1.165, 1.54) is 12.1 Å². The lowest BCUT2D eigenvalue weighted by Crippen LogP contribution is -2.03. The molecule has 0 aliphatic carbocycles.